The number of fused-ring (bicyclic) bond motifs is 1. The van der Waals surface area contributed by atoms with E-state index in [0.717, 1.165) is 0 Å². The molecule has 1 aliphatic carbocycles. The van der Waals surface area contributed by atoms with Crippen molar-refractivity contribution in [3.8, 4) is 0 Å². The Balaban J connectivity index is 2.01. The van der Waals surface area contributed by atoms with E-state index >= 15 is 0 Å². The SMILES string of the molecule is CC12C=CC=C(c3ccccc3)C1O2. The van der Waals surface area contributed by atoms with Gasteiger partial charge < -0.3 is 4.74 Å². The van der Waals surface area contributed by atoms with Crippen LogP contribution in [0.1, 0.15) is 12.5 Å². The lowest BCUT2D eigenvalue weighted by molar-refractivity contribution is 0.359. The summed E-state index contributed by atoms with van der Waals surface area (Å²) in [7, 11) is 0. The minimum Gasteiger partial charge on any atom is -0.357 e. The molecular weight excluding hydrogens is 172 g/mol. The Bertz CT molecular complexity index is 416. The fourth-order valence-corrected chi connectivity index (χ4v) is 2.03. The Morgan fingerprint density at radius 3 is 2.79 bits per heavy atom. The van der Waals surface area contributed by atoms with Crippen LogP contribution in [0, 0.1) is 0 Å². The van der Waals surface area contributed by atoms with Crippen LogP contribution in [0.25, 0.3) is 5.57 Å². The Hall–Kier alpha value is -1.34. The molecule has 2 aliphatic rings. The molecule has 2 unspecified atom stereocenters. The number of allylic oxidation sites excluding steroid dienone is 2. The molecule has 1 aromatic rings. The standard InChI is InChI=1S/C13H12O/c1-13-9-5-8-11(12(13)14-13)10-6-3-2-4-7-10/h2-9,12H,1H3. The third-order valence-corrected chi connectivity index (χ3v) is 2.93. The van der Waals surface area contributed by atoms with Crippen molar-refractivity contribution in [2.45, 2.75) is 18.6 Å². The van der Waals surface area contributed by atoms with Crippen molar-refractivity contribution in [2.75, 3.05) is 0 Å². The summed E-state index contributed by atoms with van der Waals surface area (Å²) in [4.78, 5) is 0. The average molecular weight is 184 g/mol. The van der Waals surface area contributed by atoms with E-state index in [9.17, 15) is 0 Å². The zero-order valence-electron chi connectivity index (χ0n) is 8.10. The fourth-order valence-electron chi connectivity index (χ4n) is 2.03. The third-order valence-electron chi connectivity index (χ3n) is 2.93. The van der Waals surface area contributed by atoms with Crippen LogP contribution in [0.4, 0.5) is 0 Å². The van der Waals surface area contributed by atoms with Gasteiger partial charge in [0.15, 0.2) is 0 Å². The van der Waals surface area contributed by atoms with Gasteiger partial charge in [-0.1, -0.05) is 48.6 Å². The number of rotatable bonds is 1. The monoisotopic (exact) mass is 184 g/mol. The Labute approximate surface area is 83.7 Å². The maximum Gasteiger partial charge on any atom is 0.117 e. The minimum absolute atomic E-state index is 0.0279. The summed E-state index contributed by atoms with van der Waals surface area (Å²) in [5.74, 6) is 0. The zero-order valence-corrected chi connectivity index (χ0v) is 8.10. The second-order valence-electron chi connectivity index (χ2n) is 4.03. The highest BCUT2D eigenvalue weighted by Gasteiger charge is 2.53. The van der Waals surface area contributed by atoms with E-state index in [1.165, 1.54) is 11.1 Å². The van der Waals surface area contributed by atoms with Crippen molar-refractivity contribution in [1.29, 1.82) is 0 Å². The Morgan fingerprint density at radius 1 is 1.21 bits per heavy atom. The lowest BCUT2D eigenvalue weighted by Gasteiger charge is -2.08. The van der Waals surface area contributed by atoms with E-state index in [2.05, 4.69) is 49.4 Å². The largest absolute Gasteiger partial charge is 0.357 e. The van der Waals surface area contributed by atoms with Gasteiger partial charge >= 0.3 is 0 Å². The molecular formula is C13H12O. The predicted octanol–water partition coefficient (Wildman–Crippen LogP) is 2.80. The van der Waals surface area contributed by atoms with Gasteiger partial charge in [-0.15, -0.1) is 0 Å². The molecule has 0 radical (unpaired) electrons. The van der Waals surface area contributed by atoms with Crippen molar-refractivity contribution in [3.05, 3.63) is 54.1 Å². The summed E-state index contributed by atoms with van der Waals surface area (Å²) in [6.45, 7) is 2.13. The molecule has 3 rings (SSSR count). The summed E-state index contributed by atoms with van der Waals surface area (Å²) in [6, 6.07) is 10.4. The molecule has 0 aromatic heterocycles. The summed E-state index contributed by atoms with van der Waals surface area (Å²) < 4.78 is 5.68. The molecule has 1 aliphatic heterocycles. The molecule has 0 saturated carbocycles. The summed E-state index contributed by atoms with van der Waals surface area (Å²) >= 11 is 0. The Kier molecular flexibility index (Phi) is 1.48. The molecule has 1 saturated heterocycles. The number of epoxide rings is 1. The van der Waals surface area contributed by atoms with Crippen LogP contribution in [0.15, 0.2) is 48.6 Å². The lowest BCUT2D eigenvalue weighted by atomic mass is 9.91. The summed E-state index contributed by atoms with van der Waals surface area (Å²) in [6.07, 6.45) is 6.64. The number of ether oxygens (including phenoxy) is 1. The lowest BCUT2D eigenvalue weighted by Crippen LogP contribution is -2.09. The van der Waals surface area contributed by atoms with E-state index in [1.807, 2.05) is 6.07 Å². The second-order valence-corrected chi connectivity index (χ2v) is 4.03. The highest BCUT2D eigenvalue weighted by Crippen LogP contribution is 2.47. The number of benzene rings is 1. The van der Waals surface area contributed by atoms with Crippen LogP contribution in [-0.2, 0) is 4.74 Å². The highest BCUT2D eigenvalue weighted by molar-refractivity contribution is 5.75. The van der Waals surface area contributed by atoms with Crippen molar-refractivity contribution in [3.63, 3.8) is 0 Å². The zero-order chi connectivity index (χ0) is 9.60. The highest BCUT2D eigenvalue weighted by atomic mass is 16.6. The van der Waals surface area contributed by atoms with Crippen molar-refractivity contribution >= 4 is 5.57 Å². The van der Waals surface area contributed by atoms with Gasteiger partial charge in [0.05, 0.1) is 0 Å². The molecule has 0 N–H and O–H groups in total. The van der Waals surface area contributed by atoms with Gasteiger partial charge in [0.2, 0.25) is 0 Å². The molecule has 1 aromatic carbocycles. The minimum atomic E-state index is -0.0279. The van der Waals surface area contributed by atoms with Gasteiger partial charge in [0, 0.05) is 0 Å². The molecule has 1 heteroatoms. The number of hydrogen-bond acceptors (Lipinski definition) is 1. The first-order valence-corrected chi connectivity index (χ1v) is 4.92. The van der Waals surface area contributed by atoms with E-state index < -0.39 is 0 Å². The first-order chi connectivity index (χ1) is 6.80. The summed E-state index contributed by atoms with van der Waals surface area (Å²) in [5, 5.41) is 0. The fraction of sp³-hybridized carbons (Fsp3) is 0.231. The van der Waals surface area contributed by atoms with Crippen molar-refractivity contribution in [2.24, 2.45) is 0 Å². The Morgan fingerprint density at radius 2 is 2.00 bits per heavy atom. The van der Waals surface area contributed by atoms with E-state index in [-0.39, 0.29) is 11.7 Å². The first-order valence-electron chi connectivity index (χ1n) is 4.92. The van der Waals surface area contributed by atoms with Gasteiger partial charge in [-0.2, -0.15) is 0 Å². The molecule has 0 amide bonds. The normalized spacial score (nSPS) is 33.5. The van der Waals surface area contributed by atoms with Crippen LogP contribution in [0.5, 0.6) is 0 Å². The molecule has 0 spiro atoms. The predicted molar refractivity (Wildman–Crippen MR) is 56.8 cm³/mol. The van der Waals surface area contributed by atoms with Gasteiger partial charge in [-0.3, -0.25) is 0 Å². The van der Waals surface area contributed by atoms with E-state index in [1.54, 1.807) is 0 Å². The maximum absolute atomic E-state index is 5.68. The number of hydrogen-bond donors (Lipinski definition) is 0. The molecule has 14 heavy (non-hydrogen) atoms. The maximum atomic E-state index is 5.68. The van der Waals surface area contributed by atoms with Gasteiger partial charge in [-0.25, -0.2) is 0 Å². The van der Waals surface area contributed by atoms with Gasteiger partial charge in [0.1, 0.15) is 11.7 Å². The van der Waals surface area contributed by atoms with E-state index in [4.69, 9.17) is 4.74 Å². The molecule has 70 valence electrons. The molecule has 2 atom stereocenters. The third kappa shape index (κ3) is 1.06. The summed E-state index contributed by atoms with van der Waals surface area (Å²) in [5.41, 5.74) is 2.54. The van der Waals surface area contributed by atoms with Crippen LogP contribution in [0.2, 0.25) is 0 Å². The average Bonchev–Trinajstić information content (AvgIpc) is 2.90. The van der Waals surface area contributed by atoms with Crippen LogP contribution >= 0.6 is 0 Å². The van der Waals surface area contributed by atoms with Gasteiger partial charge in [0.25, 0.3) is 0 Å². The van der Waals surface area contributed by atoms with Crippen LogP contribution < -0.4 is 0 Å². The van der Waals surface area contributed by atoms with Crippen molar-refractivity contribution in [1.82, 2.24) is 0 Å². The molecule has 1 fully saturated rings. The topological polar surface area (TPSA) is 12.5 Å². The van der Waals surface area contributed by atoms with E-state index in [0.29, 0.717) is 0 Å². The van der Waals surface area contributed by atoms with Crippen LogP contribution in [-0.4, -0.2) is 11.7 Å². The molecule has 1 heterocycles. The smallest absolute Gasteiger partial charge is 0.117 e. The first kappa shape index (κ1) is 8.01. The van der Waals surface area contributed by atoms with Crippen LogP contribution in [0.3, 0.4) is 0 Å². The second kappa shape index (κ2) is 2.58. The molecule has 1 nitrogen and oxygen atoms in total. The van der Waals surface area contributed by atoms with Crippen molar-refractivity contribution < 1.29 is 4.74 Å². The quantitative estimate of drug-likeness (QED) is 0.611. The molecule has 0 bridgehead atoms. The van der Waals surface area contributed by atoms with Gasteiger partial charge in [-0.05, 0) is 18.1 Å².